The highest BCUT2D eigenvalue weighted by atomic mass is 16.5. The molecule has 2 aromatic rings. The van der Waals surface area contributed by atoms with E-state index in [9.17, 15) is 4.79 Å². The molecule has 1 aliphatic heterocycles. The minimum atomic E-state index is 0.0711. The summed E-state index contributed by atoms with van der Waals surface area (Å²) in [5.74, 6) is 1.70. The van der Waals surface area contributed by atoms with E-state index in [1.165, 1.54) is 0 Å². The van der Waals surface area contributed by atoms with Crippen molar-refractivity contribution in [3.05, 3.63) is 24.0 Å². The Bertz CT molecular complexity index is 668. The van der Waals surface area contributed by atoms with E-state index < -0.39 is 0 Å². The van der Waals surface area contributed by atoms with E-state index in [2.05, 4.69) is 10.2 Å². The summed E-state index contributed by atoms with van der Waals surface area (Å²) in [6, 6.07) is 1.79. The van der Waals surface area contributed by atoms with Crippen LogP contribution in [0.15, 0.2) is 21.2 Å². The summed E-state index contributed by atoms with van der Waals surface area (Å²) in [5.41, 5.74) is 0.783. The van der Waals surface area contributed by atoms with E-state index in [1.807, 2.05) is 25.7 Å². The predicted octanol–water partition coefficient (Wildman–Crippen LogP) is 2.21. The van der Waals surface area contributed by atoms with Crippen molar-refractivity contribution in [2.45, 2.75) is 45.8 Å². The number of furan rings is 1. The molecule has 124 valence electrons. The van der Waals surface area contributed by atoms with Crippen LogP contribution in [0.3, 0.4) is 0 Å². The number of rotatable bonds is 4. The number of aromatic nitrogens is 2. The summed E-state index contributed by atoms with van der Waals surface area (Å²) in [6.45, 7) is 7.06. The largest absolute Gasteiger partial charge is 0.469 e. The fourth-order valence-electron chi connectivity index (χ4n) is 2.82. The van der Waals surface area contributed by atoms with Gasteiger partial charge in [0.25, 0.3) is 5.89 Å². The zero-order valence-electron chi connectivity index (χ0n) is 13.6. The maximum Gasteiger partial charge on any atom is 0.251 e. The van der Waals surface area contributed by atoms with Crippen LogP contribution in [0.25, 0.3) is 11.5 Å². The average molecular weight is 319 g/mol. The lowest BCUT2D eigenvalue weighted by Crippen LogP contribution is -2.48. The van der Waals surface area contributed by atoms with Crippen LogP contribution in [-0.4, -0.2) is 46.3 Å². The molecular formula is C16H21N3O4. The molecule has 23 heavy (non-hydrogen) atoms. The molecule has 0 radical (unpaired) electrons. The van der Waals surface area contributed by atoms with Gasteiger partial charge in [0, 0.05) is 25.9 Å². The van der Waals surface area contributed by atoms with Gasteiger partial charge in [0.2, 0.25) is 11.8 Å². The number of carbonyl (C=O) groups excluding carboxylic acids is 1. The Balaban J connectivity index is 1.57. The van der Waals surface area contributed by atoms with Gasteiger partial charge in [-0.15, -0.1) is 10.2 Å². The second-order valence-electron chi connectivity index (χ2n) is 5.95. The van der Waals surface area contributed by atoms with E-state index in [4.69, 9.17) is 13.6 Å². The van der Waals surface area contributed by atoms with Crippen LogP contribution in [0, 0.1) is 6.92 Å². The molecule has 0 spiro atoms. The van der Waals surface area contributed by atoms with Gasteiger partial charge in [-0.3, -0.25) is 4.79 Å². The van der Waals surface area contributed by atoms with E-state index in [0.29, 0.717) is 37.7 Å². The Morgan fingerprint density at radius 1 is 1.30 bits per heavy atom. The van der Waals surface area contributed by atoms with Gasteiger partial charge in [0.1, 0.15) is 5.76 Å². The van der Waals surface area contributed by atoms with E-state index >= 15 is 0 Å². The Morgan fingerprint density at radius 3 is 2.70 bits per heavy atom. The number of carbonyl (C=O) groups is 1. The number of ether oxygens (including phenoxy) is 1. The lowest BCUT2D eigenvalue weighted by Gasteiger charge is -2.35. The van der Waals surface area contributed by atoms with Crippen molar-refractivity contribution in [2.24, 2.45) is 0 Å². The highest BCUT2D eigenvalue weighted by molar-refractivity contribution is 5.76. The zero-order chi connectivity index (χ0) is 16.4. The number of nitrogens with zero attached hydrogens (tertiary/aromatic N) is 3. The summed E-state index contributed by atoms with van der Waals surface area (Å²) in [5, 5.41) is 8.02. The van der Waals surface area contributed by atoms with Crippen LogP contribution in [0.4, 0.5) is 0 Å². The standard InChI is InChI=1S/C16H21N3O4/c1-10-8-19(9-11(2)22-10)15(20)5-4-14-17-18-16(23-14)13-6-7-21-12(13)3/h6-7,10-11H,4-5,8-9H2,1-3H3. The lowest BCUT2D eigenvalue weighted by molar-refractivity contribution is -0.143. The summed E-state index contributed by atoms with van der Waals surface area (Å²) in [4.78, 5) is 14.2. The molecule has 2 unspecified atom stereocenters. The molecule has 0 aliphatic carbocycles. The summed E-state index contributed by atoms with van der Waals surface area (Å²) >= 11 is 0. The smallest absolute Gasteiger partial charge is 0.251 e. The first-order chi connectivity index (χ1) is 11.0. The third-order valence-corrected chi connectivity index (χ3v) is 3.88. The molecule has 1 saturated heterocycles. The molecule has 0 saturated carbocycles. The predicted molar refractivity (Wildman–Crippen MR) is 81.6 cm³/mol. The molecule has 1 fully saturated rings. The van der Waals surface area contributed by atoms with Crippen molar-refractivity contribution >= 4 is 5.91 Å². The molecule has 1 amide bonds. The number of hydrogen-bond donors (Lipinski definition) is 0. The van der Waals surface area contributed by atoms with Crippen molar-refractivity contribution in [1.29, 1.82) is 0 Å². The molecule has 3 rings (SSSR count). The molecule has 2 aromatic heterocycles. The van der Waals surface area contributed by atoms with Crippen LogP contribution in [0.5, 0.6) is 0 Å². The van der Waals surface area contributed by atoms with Crippen LogP contribution >= 0.6 is 0 Å². The zero-order valence-corrected chi connectivity index (χ0v) is 13.6. The van der Waals surface area contributed by atoms with Crippen LogP contribution in [-0.2, 0) is 16.0 Å². The Morgan fingerprint density at radius 2 is 2.04 bits per heavy atom. The fourth-order valence-corrected chi connectivity index (χ4v) is 2.82. The summed E-state index contributed by atoms with van der Waals surface area (Å²) < 4.78 is 16.5. The Hall–Kier alpha value is -2.15. The van der Waals surface area contributed by atoms with Gasteiger partial charge in [-0.25, -0.2) is 0 Å². The third kappa shape index (κ3) is 3.61. The van der Waals surface area contributed by atoms with Gasteiger partial charge < -0.3 is 18.5 Å². The number of amides is 1. The van der Waals surface area contributed by atoms with Crippen LogP contribution < -0.4 is 0 Å². The molecule has 1 aliphatic rings. The minimum absolute atomic E-state index is 0.0711. The fraction of sp³-hybridized carbons (Fsp3) is 0.562. The van der Waals surface area contributed by atoms with Crippen molar-refractivity contribution < 1.29 is 18.4 Å². The second kappa shape index (κ2) is 6.54. The second-order valence-corrected chi connectivity index (χ2v) is 5.95. The van der Waals surface area contributed by atoms with E-state index in [0.717, 1.165) is 11.3 Å². The monoisotopic (exact) mass is 319 g/mol. The van der Waals surface area contributed by atoms with Gasteiger partial charge in [-0.05, 0) is 26.8 Å². The summed E-state index contributed by atoms with van der Waals surface area (Å²) in [6.07, 6.45) is 2.51. The normalized spacial score (nSPS) is 21.6. The molecule has 0 bridgehead atoms. The maximum atomic E-state index is 12.3. The SMILES string of the molecule is Cc1occc1-c1nnc(CCC(=O)N2CC(C)OC(C)C2)o1. The van der Waals surface area contributed by atoms with Crippen molar-refractivity contribution in [2.75, 3.05) is 13.1 Å². The Kier molecular flexibility index (Phi) is 4.47. The first-order valence-electron chi connectivity index (χ1n) is 7.83. The average Bonchev–Trinajstić information content (AvgIpc) is 3.12. The third-order valence-electron chi connectivity index (χ3n) is 3.88. The first-order valence-corrected chi connectivity index (χ1v) is 7.83. The number of hydrogen-bond acceptors (Lipinski definition) is 6. The van der Waals surface area contributed by atoms with Crippen molar-refractivity contribution in [1.82, 2.24) is 15.1 Å². The summed E-state index contributed by atoms with van der Waals surface area (Å²) in [7, 11) is 0. The molecule has 0 aromatic carbocycles. The van der Waals surface area contributed by atoms with Gasteiger partial charge in [-0.2, -0.15) is 0 Å². The van der Waals surface area contributed by atoms with E-state index in [-0.39, 0.29) is 18.1 Å². The van der Waals surface area contributed by atoms with Gasteiger partial charge in [0.15, 0.2) is 0 Å². The van der Waals surface area contributed by atoms with Crippen molar-refractivity contribution in [3.63, 3.8) is 0 Å². The van der Waals surface area contributed by atoms with Crippen LogP contribution in [0.1, 0.15) is 31.9 Å². The highest BCUT2D eigenvalue weighted by Gasteiger charge is 2.26. The molecule has 0 N–H and O–H groups in total. The molecule has 7 nitrogen and oxygen atoms in total. The lowest BCUT2D eigenvalue weighted by atomic mass is 10.2. The molecule has 7 heteroatoms. The quantitative estimate of drug-likeness (QED) is 0.859. The number of aryl methyl sites for hydroxylation is 2. The minimum Gasteiger partial charge on any atom is -0.469 e. The van der Waals surface area contributed by atoms with Gasteiger partial charge >= 0.3 is 0 Å². The highest BCUT2D eigenvalue weighted by Crippen LogP contribution is 2.23. The first kappa shape index (κ1) is 15.7. The Labute approximate surface area is 134 Å². The van der Waals surface area contributed by atoms with Gasteiger partial charge in [-0.1, -0.05) is 0 Å². The topological polar surface area (TPSA) is 81.6 Å². The molecule has 2 atom stereocenters. The molecule has 3 heterocycles. The van der Waals surface area contributed by atoms with E-state index in [1.54, 1.807) is 12.3 Å². The van der Waals surface area contributed by atoms with Gasteiger partial charge in [0.05, 0.1) is 24.0 Å². The van der Waals surface area contributed by atoms with Crippen LogP contribution in [0.2, 0.25) is 0 Å². The molecular weight excluding hydrogens is 298 g/mol. The number of morpholine rings is 1. The maximum absolute atomic E-state index is 12.3. The van der Waals surface area contributed by atoms with Crippen molar-refractivity contribution in [3.8, 4) is 11.5 Å².